The zero-order chi connectivity index (χ0) is 21.1. The summed E-state index contributed by atoms with van der Waals surface area (Å²) in [6.45, 7) is 1.54. The van der Waals surface area contributed by atoms with E-state index in [1.165, 1.54) is 4.90 Å². The Morgan fingerprint density at radius 1 is 1.28 bits per heavy atom. The van der Waals surface area contributed by atoms with Crippen molar-refractivity contribution in [3.8, 4) is 0 Å². The Hall–Kier alpha value is -2.09. The normalized spacial score (nSPS) is 16.1. The Kier molecular flexibility index (Phi) is 6.82. The number of hydrogen-bond donors (Lipinski definition) is 1. The van der Waals surface area contributed by atoms with Crippen molar-refractivity contribution in [3.05, 3.63) is 56.5 Å². The molecule has 0 aliphatic carbocycles. The summed E-state index contributed by atoms with van der Waals surface area (Å²) in [4.78, 5) is 38.2. The standard InChI is InChI=1S/C20H17BrCl2N2O4/c1-11-7-13(21)5-6-15(11)24-17(26)10-29-20(28)12-8-18(27)25(9-12)16-4-2-3-14(22)19(16)23/h2-7,12H,8-10H2,1H3,(H,24,26)/t12-/m0/s1. The monoisotopic (exact) mass is 498 g/mol. The van der Waals surface area contributed by atoms with Gasteiger partial charge in [-0.25, -0.2) is 0 Å². The van der Waals surface area contributed by atoms with Crippen LogP contribution < -0.4 is 10.2 Å². The molecule has 0 aromatic heterocycles. The van der Waals surface area contributed by atoms with Crippen LogP contribution in [-0.4, -0.2) is 30.9 Å². The van der Waals surface area contributed by atoms with E-state index < -0.39 is 24.4 Å². The molecule has 3 rings (SSSR count). The van der Waals surface area contributed by atoms with E-state index in [0.29, 0.717) is 16.4 Å². The molecule has 0 radical (unpaired) electrons. The maximum absolute atomic E-state index is 12.3. The second kappa shape index (κ2) is 9.15. The third-order valence-corrected chi connectivity index (χ3v) is 5.79. The van der Waals surface area contributed by atoms with Gasteiger partial charge in [-0.05, 0) is 42.8 Å². The molecule has 2 aromatic rings. The van der Waals surface area contributed by atoms with Crippen molar-refractivity contribution in [2.45, 2.75) is 13.3 Å². The van der Waals surface area contributed by atoms with Crippen molar-refractivity contribution in [1.82, 2.24) is 0 Å². The van der Waals surface area contributed by atoms with Gasteiger partial charge in [0.2, 0.25) is 5.91 Å². The van der Waals surface area contributed by atoms with Crippen LogP contribution in [0.15, 0.2) is 40.9 Å². The molecule has 9 heteroatoms. The SMILES string of the molecule is Cc1cc(Br)ccc1NC(=O)COC(=O)[C@H]1CC(=O)N(c2cccc(Cl)c2Cl)C1. The fraction of sp³-hybridized carbons (Fsp3) is 0.250. The second-order valence-corrected chi connectivity index (χ2v) is 8.29. The zero-order valence-corrected chi connectivity index (χ0v) is 18.5. The highest BCUT2D eigenvalue weighted by atomic mass is 79.9. The minimum atomic E-state index is -0.681. The molecule has 2 aromatic carbocycles. The van der Waals surface area contributed by atoms with E-state index in [9.17, 15) is 14.4 Å². The molecule has 29 heavy (non-hydrogen) atoms. The van der Waals surface area contributed by atoms with Gasteiger partial charge in [-0.2, -0.15) is 0 Å². The van der Waals surface area contributed by atoms with Crippen molar-refractivity contribution in [1.29, 1.82) is 0 Å². The molecular formula is C20H17BrCl2N2O4. The van der Waals surface area contributed by atoms with Gasteiger partial charge >= 0.3 is 5.97 Å². The van der Waals surface area contributed by atoms with Gasteiger partial charge in [0.25, 0.3) is 5.91 Å². The minimum Gasteiger partial charge on any atom is -0.455 e. The smallest absolute Gasteiger partial charge is 0.311 e. The van der Waals surface area contributed by atoms with Gasteiger partial charge in [0.15, 0.2) is 6.61 Å². The summed E-state index contributed by atoms with van der Waals surface area (Å²) in [6.07, 6.45) is -0.0187. The highest BCUT2D eigenvalue weighted by molar-refractivity contribution is 9.10. The molecule has 1 saturated heterocycles. The zero-order valence-electron chi connectivity index (χ0n) is 15.4. The molecule has 0 unspecified atom stereocenters. The summed E-state index contributed by atoms with van der Waals surface area (Å²) in [6, 6.07) is 10.4. The van der Waals surface area contributed by atoms with Crippen LogP contribution in [0.25, 0.3) is 0 Å². The fourth-order valence-corrected chi connectivity index (χ4v) is 3.88. The molecule has 1 aliphatic rings. The number of nitrogens with one attached hydrogen (secondary N) is 1. The Morgan fingerprint density at radius 2 is 2.03 bits per heavy atom. The molecule has 0 saturated carbocycles. The number of carbonyl (C=O) groups excluding carboxylic acids is 3. The van der Waals surface area contributed by atoms with Crippen LogP contribution in [0.3, 0.4) is 0 Å². The first-order chi connectivity index (χ1) is 13.8. The molecular weight excluding hydrogens is 483 g/mol. The largest absolute Gasteiger partial charge is 0.455 e. The fourth-order valence-electron chi connectivity index (χ4n) is 3.01. The number of rotatable bonds is 5. The van der Waals surface area contributed by atoms with E-state index in [2.05, 4.69) is 21.2 Å². The number of amides is 2. The van der Waals surface area contributed by atoms with Crippen LogP contribution in [0.5, 0.6) is 0 Å². The number of nitrogens with zero attached hydrogens (tertiary/aromatic N) is 1. The lowest BCUT2D eigenvalue weighted by atomic mass is 10.1. The van der Waals surface area contributed by atoms with Crippen LogP contribution in [-0.2, 0) is 19.1 Å². The lowest BCUT2D eigenvalue weighted by Crippen LogP contribution is -2.28. The van der Waals surface area contributed by atoms with Gasteiger partial charge in [-0.15, -0.1) is 0 Å². The van der Waals surface area contributed by atoms with Crippen molar-refractivity contribution in [2.75, 3.05) is 23.4 Å². The molecule has 1 aliphatic heterocycles. The van der Waals surface area contributed by atoms with Gasteiger partial charge in [0.1, 0.15) is 0 Å². The number of carbonyl (C=O) groups is 3. The summed E-state index contributed by atoms with van der Waals surface area (Å²) < 4.78 is 6.01. The summed E-state index contributed by atoms with van der Waals surface area (Å²) in [7, 11) is 0. The Labute approximate surface area is 186 Å². The van der Waals surface area contributed by atoms with Crippen molar-refractivity contribution >= 4 is 68.3 Å². The highest BCUT2D eigenvalue weighted by Gasteiger charge is 2.37. The predicted octanol–water partition coefficient (Wildman–Crippen LogP) is 4.60. The van der Waals surface area contributed by atoms with Crippen molar-refractivity contribution in [2.24, 2.45) is 5.92 Å². The molecule has 0 bridgehead atoms. The number of hydrogen-bond acceptors (Lipinski definition) is 4. The molecule has 1 fully saturated rings. The predicted molar refractivity (Wildman–Crippen MR) is 115 cm³/mol. The lowest BCUT2D eigenvalue weighted by molar-refractivity contribution is -0.151. The summed E-state index contributed by atoms with van der Waals surface area (Å²) in [5.74, 6) is -2.00. The number of benzene rings is 2. The Bertz CT molecular complexity index is 983. The lowest BCUT2D eigenvalue weighted by Gasteiger charge is -2.18. The Balaban J connectivity index is 1.56. The molecule has 6 nitrogen and oxygen atoms in total. The van der Waals surface area contributed by atoms with E-state index in [1.54, 1.807) is 30.3 Å². The summed E-state index contributed by atoms with van der Waals surface area (Å²) >= 11 is 15.5. The van der Waals surface area contributed by atoms with Gasteiger partial charge in [0.05, 0.1) is 21.7 Å². The first kappa shape index (κ1) is 21.6. The van der Waals surface area contributed by atoms with Gasteiger partial charge < -0.3 is 15.0 Å². The molecule has 2 amide bonds. The molecule has 1 atom stereocenters. The van der Waals surface area contributed by atoms with Crippen LogP contribution >= 0.6 is 39.1 Å². The maximum atomic E-state index is 12.3. The van der Waals surface area contributed by atoms with Crippen LogP contribution in [0.1, 0.15) is 12.0 Å². The molecule has 1 N–H and O–H groups in total. The molecule has 0 spiro atoms. The quantitative estimate of drug-likeness (QED) is 0.610. The van der Waals surface area contributed by atoms with Gasteiger partial charge in [-0.3, -0.25) is 14.4 Å². The van der Waals surface area contributed by atoms with Crippen LogP contribution in [0, 0.1) is 12.8 Å². The average Bonchev–Trinajstić information content (AvgIpc) is 3.06. The summed E-state index contributed by atoms with van der Waals surface area (Å²) in [5, 5.41) is 3.27. The average molecular weight is 500 g/mol. The van der Waals surface area contributed by atoms with Crippen LogP contribution in [0.2, 0.25) is 10.0 Å². The highest BCUT2D eigenvalue weighted by Crippen LogP contribution is 2.35. The number of esters is 1. The van der Waals surface area contributed by atoms with E-state index >= 15 is 0 Å². The third-order valence-electron chi connectivity index (χ3n) is 4.49. The first-order valence-electron chi connectivity index (χ1n) is 8.73. The van der Waals surface area contributed by atoms with E-state index in [0.717, 1.165) is 10.0 Å². The van der Waals surface area contributed by atoms with E-state index in [1.807, 2.05) is 13.0 Å². The van der Waals surface area contributed by atoms with Gasteiger partial charge in [-0.1, -0.05) is 45.2 Å². The summed E-state index contributed by atoms with van der Waals surface area (Å²) in [5.41, 5.74) is 1.95. The second-order valence-electron chi connectivity index (χ2n) is 6.59. The van der Waals surface area contributed by atoms with Crippen molar-refractivity contribution < 1.29 is 19.1 Å². The number of aryl methyl sites for hydroxylation is 1. The third kappa shape index (κ3) is 5.10. The van der Waals surface area contributed by atoms with E-state index in [4.69, 9.17) is 27.9 Å². The number of anilines is 2. The minimum absolute atomic E-state index is 0.0187. The number of halogens is 3. The van der Waals surface area contributed by atoms with Crippen molar-refractivity contribution in [3.63, 3.8) is 0 Å². The number of ether oxygens (including phenoxy) is 1. The maximum Gasteiger partial charge on any atom is 0.311 e. The van der Waals surface area contributed by atoms with Gasteiger partial charge in [0, 0.05) is 23.1 Å². The first-order valence-corrected chi connectivity index (χ1v) is 10.3. The topological polar surface area (TPSA) is 75.7 Å². The van der Waals surface area contributed by atoms with Crippen LogP contribution in [0.4, 0.5) is 11.4 Å². The molecule has 152 valence electrons. The van der Waals surface area contributed by atoms with E-state index in [-0.39, 0.29) is 23.9 Å². The Morgan fingerprint density at radius 3 is 2.76 bits per heavy atom. The molecule has 1 heterocycles.